The summed E-state index contributed by atoms with van der Waals surface area (Å²) in [6.07, 6.45) is 2.96. The Bertz CT molecular complexity index is 300. The smallest absolute Gasteiger partial charge is 0.116 e. The van der Waals surface area contributed by atoms with Crippen LogP contribution in [0.3, 0.4) is 0 Å². The van der Waals surface area contributed by atoms with E-state index in [4.69, 9.17) is 4.74 Å². The normalized spacial score (nSPS) is 34.0. The predicted molar refractivity (Wildman–Crippen MR) is 66.6 cm³/mol. The highest BCUT2D eigenvalue weighted by Gasteiger charge is 2.35. The molecular formula is C13H23N3O. The fourth-order valence-corrected chi connectivity index (χ4v) is 2.65. The van der Waals surface area contributed by atoms with Gasteiger partial charge in [-0.05, 0) is 33.6 Å². The van der Waals surface area contributed by atoms with Gasteiger partial charge in [-0.3, -0.25) is 10.2 Å². The summed E-state index contributed by atoms with van der Waals surface area (Å²) in [6, 6.07) is 3.00. The highest BCUT2D eigenvalue weighted by atomic mass is 16.5. The average Bonchev–Trinajstić information content (AvgIpc) is 2.99. The van der Waals surface area contributed by atoms with E-state index in [0.29, 0.717) is 6.04 Å². The topological polar surface area (TPSA) is 48.3 Å². The molecule has 3 atom stereocenters. The standard InChI is InChI=1S/C13H23N3O/c1-10-6-16(7-11(2)17-10)9-13(3,8-14)15-12-4-5-12/h10-12,15H,4-7,9H2,1-3H3. The molecule has 1 saturated heterocycles. The minimum Gasteiger partial charge on any atom is -0.373 e. The maximum absolute atomic E-state index is 9.35. The van der Waals surface area contributed by atoms with Gasteiger partial charge in [0.25, 0.3) is 0 Å². The quantitative estimate of drug-likeness (QED) is 0.796. The summed E-state index contributed by atoms with van der Waals surface area (Å²) >= 11 is 0. The fourth-order valence-electron chi connectivity index (χ4n) is 2.65. The first-order chi connectivity index (χ1) is 8.00. The van der Waals surface area contributed by atoms with Gasteiger partial charge in [-0.1, -0.05) is 0 Å². The van der Waals surface area contributed by atoms with Crippen molar-refractivity contribution in [1.29, 1.82) is 5.26 Å². The Morgan fingerprint density at radius 2 is 1.94 bits per heavy atom. The molecule has 1 aliphatic heterocycles. The lowest BCUT2D eigenvalue weighted by atomic mass is 10.0. The zero-order valence-corrected chi connectivity index (χ0v) is 11.1. The zero-order valence-electron chi connectivity index (χ0n) is 11.1. The number of nitrogens with zero attached hydrogens (tertiary/aromatic N) is 2. The van der Waals surface area contributed by atoms with Gasteiger partial charge >= 0.3 is 0 Å². The van der Waals surface area contributed by atoms with Crippen molar-refractivity contribution in [3.05, 3.63) is 0 Å². The second kappa shape index (κ2) is 4.93. The highest BCUT2D eigenvalue weighted by molar-refractivity contribution is 5.09. The van der Waals surface area contributed by atoms with Crippen molar-refractivity contribution in [2.75, 3.05) is 19.6 Å². The van der Waals surface area contributed by atoms with Gasteiger partial charge in [-0.2, -0.15) is 5.26 Å². The van der Waals surface area contributed by atoms with Crippen molar-refractivity contribution in [3.8, 4) is 6.07 Å². The summed E-state index contributed by atoms with van der Waals surface area (Å²) in [7, 11) is 0. The Morgan fingerprint density at radius 1 is 1.35 bits per heavy atom. The van der Waals surface area contributed by atoms with E-state index in [9.17, 15) is 5.26 Å². The number of hydrogen-bond donors (Lipinski definition) is 1. The molecule has 3 unspecified atom stereocenters. The zero-order chi connectivity index (χ0) is 12.5. The fraction of sp³-hybridized carbons (Fsp3) is 0.923. The molecule has 2 fully saturated rings. The summed E-state index contributed by atoms with van der Waals surface area (Å²) in [5, 5.41) is 12.8. The molecule has 4 nitrogen and oxygen atoms in total. The van der Waals surface area contributed by atoms with Gasteiger partial charge < -0.3 is 4.74 Å². The van der Waals surface area contributed by atoms with Gasteiger partial charge in [-0.25, -0.2) is 0 Å². The molecule has 1 N–H and O–H groups in total. The lowest BCUT2D eigenvalue weighted by molar-refractivity contribution is -0.0715. The molecule has 0 spiro atoms. The summed E-state index contributed by atoms with van der Waals surface area (Å²) in [4.78, 5) is 2.34. The van der Waals surface area contributed by atoms with Crippen molar-refractivity contribution in [2.24, 2.45) is 0 Å². The molecule has 0 aromatic carbocycles. The van der Waals surface area contributed by atoms with Gasteiger partial charge in [0, 0.05) is 25.7 Å². The van der Waals surface area contributed by atoms with E-state index >= 15 is 0 Å². The number of rotatable bonds is 4. The Morgan fingerprint density at radius 3 is 2.41 bits per heavy atom. The van der Waals surface area contributed by atoms with Gasteiger partial charge in [0.1, 0.15) is 5.54 Å². The first-order valence-corrected chi connectivity index (χ1v) is 6.57. The van der Waals surface area contributed by atoms with E-state index in [1.54, 1.807) is 0 Å². The van der Waals surface area contributed by atoms with Crippen LogP contribution in [0, 0.1) is 11.3 Å². The minimum atomic E-state index is -0.419. The predicted octanol–water partition coefficient (Wildman–Crippen LogP) is 1.13. The summed E-state index contributed by atoms with van der Waals surface area (Å²) in [5.41, 5.74) is -0.419. The van der Waals surface area contributed by atoms with Crippen LogP contribution in [0.4, 0.5) is 0 Å². The van der Waals surface area contributed by atoms with Crippen molar-refractivity contribution >= 4 is 0 Å². The van der Waals surface area contributed by atoms with Crippen LogP contribution >= 0.6 is 0 Å². The molecule has 2 rings (SSSR count). The number of nitriles is 1. The minimum absolute atomic E-state index is 0.266. The van der Waals surface area contributed by atoms with Crippen LogP contribution in [0.2, 0.25) is 0 Å². The Hall–Kier alpha value is -0.630. The van der Waals surface area contributed by atoms with Crippen LogP contribution in [0.25, 0.3) is 0 Å². The monoisotopic (exact) mass is 237 g/mol. The third kappa shape index (κ3) is 3.67. The van der Waals surface area contributed by atoms with Crippen LogP contribution in [-0.4, -0.2) is 48.3 Å². The molecule has 1 heterocycles. The van der Waals surface area contributed by atoms with Crippen LogP contribution < -0.4 is 5.32 Å². The largest absolute Gasteiger partial charge is 0.373 e. The van der Waals surface area contributed by atoms with Crippen molar-refractivity contribution in [1.82, 2.24) is 10.2 Å². The van der Waals surface area contributed by atoms with E-state index in [0.717, 1.165) is 19.6 Å². The number of nitrogens with one attached hydrogen (secondary N) is 1. The molecular weight excluding hydrogens is 214 g/mol. The SMILES string of the molecule is CC1CN(CC(C)(C#N)NC2CC2)CC(C)O1. The van der Waals surface area contributed by atoms with Crippen molar-refractivity contribution in [3.63, 3.8) is 0 Å². The Labute approximate surface area is 104 Å². The van der Waals surface area contributed by atoms with E-state index in [2.05, 4.69) is 30.1 Å². The van der Waals surface area contributed by atoms with Crippen LogP contribution in [0.5, 0.6) is 0 Å². The maximum Gasteiger partial charge on any atom is 0.116 e. The molecule has 0 radical (unpaired) electrons. The maximum atomic E-state index is 9.35. The molecule has 96 valence electrons. The molecule has 1 aliphatic carbocycles. The van der Waals surface area contributed by atoms with E-state index in [1.165, 1.54) is 12.8 Å². The van der Waals surface area contributed by atoms with Crippen molar-refractivity contribution < 1.29 is 4.74 Å². The molecule has 1 saturated carbocycles. The van der Waals surface area contributed by atoms with Gasteiger partial charge in [0.05, 0.1) is 18.3 Å². The number of hydrogen-bond acceptors (Lipinski definition) is 4. The average molecular weight is 237 g/mol. The summed E-state index contributed by atoms with van der Waals surface area (Å²) in [6.45, 7) is 8.84. The van der Waals surface area contributed by atoms with Gasteiger partial charge in [0.15, 0.2) is 0 Å². The molecule has 0 aromatic heterocycles. The first kappa shape index (κ1) is 12.8. The van der Waals surface area contributed by atoms with Gasteiger partial charge in [-0.15, -0.1) is 0 Å². The molecule has 0 aromatic rings. The summed E-state index contributed by atoms with van der Waals surface area (Å²) in [5.74, 6) is 0. The Balaban J connectivity index is 1.90. The van der Waals surface area contributed by atoms with Crippen molar-refractivity contribution in [2.45, 2.75) is 57.4 Å². The second-order valence-corrected chi connectivity index (χ2v) is 5.81. The molecule has 4 heteroatoms. The number of morpholine rings is 1. The second-order valence-electron chi connectivity index (χ2n) is 5.81. The third-order valence-corrected chi connectivity index (χ3v) is 3.38. The third-order valence-electron chi connectivity index (χ3n) is 3.38. The van der Waals surface area contributed by atoms with E-state index in [-0.39, 0.29) is 12.2 Å². The molecule has 0 amide bonds. The summed E-state index contributed by atoms with van der Waals surface area (Å²) < 4.78 is 5.71. The van der Waals surface area contributed by atoms with Crippen LogP contribution in [-0.2, 0) is 4.74 Å². The van der Waals surface area contributed by atoms with Crippen LogP contribution in [0.15, 0.2) is 0 Å². The van der Waals surface area contributed by atoms with E-state index < -0.39 is 5.54 Å². The number of ether oxygens (including phenoxy) is 1. The van der Waals surface area contributed by atoms with E-state index in [1.807, 2.05) is 6.92 Å². The first-order valence-electron chi connectivity index (χ1n) is 6.57. The van der Waals surface area contributed by atoms with Crippen LogP contribution in [0.1, 0.15) is 33.6 Å². The highest BCUT2D eigenvalue weighted by Crippen LogP contribution is 2.23. The molecule has 2 aliphatic rings. The Kier molecular flexibility index (Phi) is 3.72. The van der Waals surface area contributed by atoms with Gasteiger partial charge in [0.2, 0.25) is 0 Å². The molecule has 0 bridgehead atoms. The lowest BCUT2D eigenvalue weighted by Gasteiger charge is -2.39. The lowest BCUT2D eigenvalue weighted by Crippen LogP contribution is -2.56. The molecule has 17 heavy (non-hydrogen) atoms.